The number of H-pyrrole nitrogens is 2. The highest BCUT2D eigenvalue weighted by Crippen LogP contribution is 2.15. The van der Waals surface area contributed by atoms with Gasteiger partial charge in [0.2, 0.25) is 5.95 Å². The molecule has 0 spiro atoms. The quantitative estimate of drug-likeness (QED) is 0.511. The first-order chi connectivity index (χ1) is 10.6. The predicted molar refractivity (Wildman–Crippen MR) is 88.5 cm³/mol. The number of aromatic amines is 2. The van der Waals surface area contributed by atoms with Crippen LogP contribution in [0.25, 0.3) is 10.9 Å². The Morgan fingerprint density at radius 1 is 1.32 bits per heavy atom. The number of rotatable bonds is 4. The molecule has 22 heavy (non-hydrogen) atoms. The van der Waals surface area contributed by atoms with Crippen LogP contribution in [-0.2, 0) is 0 Å². The molecule has 3 aromatic rings. The summed E-state index contributed by atoms with van der Waals surface area (Å²) in [6, 6.07) is 9.48. The zero-order valence-corrected chi connectivity index (χ0v) is 12.4. The Bertz CT molecular complexity index is 875. The molecule has 0 aliphatic carbocycles. The lowest BCUT2D eigenvalue weighted by atomic mass is 10.1. The van der Waals surface area contributed by atoms with Gasteiger partial charge in [-0.25, -0.2) is 10.4 Å². The van der Waals surface area contributed by atoms with Gasteiger partial charge in [0.1, 0.15) is 0 Å². The van der Waals surface area contributed by atoms with Gasteiger partial charge in [-0.2, -0.15) is 5.10 Å². The zero-order valence-electron chi connectivity index (χ0n) is 12.4. The fourth-order valence-electron chi connectivity index (χ4n) is 2.19. The lowest BCUT2D eigenvalue weighted by Crippen LogP contribution is -2.12. The van der Waals surface area contributed by atoms with Crippen LogP contribution < -0.4 is 11.0 Å². The highest BCUT2D eigenvalue weighted by molar-refractivity contribution is 5.99. The third kappa shape index (κ3) is 2.90. The summed E-state index contributed by atoms with van der Waals surface area (Å²) in [6.07, 6.45) is 3.58. The maximum Gasteiger partial charge on any atom is 0.252 e. The molecule has 0 atom stereocenters. The lowest BCUT2D eigenvalue weighted by molar-refractivity contribution is 0.810. The maximum atomic E-state index is 11.6. The van der Waals surface area contributed by atoms with E-state index in [1.807, 2.05) is 44.3 Å². The van der Waals surface area contributed by atoms with Gasteiger partial charge in [0.25, 0.3) is 5.56 Å². The lowest BCUT2D eigenvalue weighted by Gasteiger charge is -2.05. The first-order valence-electron chi connectivity index (χ1n) is 7.10. The molecule has 0 bridgehead atoms. The molecular formula is C16H17N5O. The Labute approximate surface area is 127 Å². The molecule has 0 amide bonds. The number of hydrazone groups is 1. The summed E-state index contributed by atoms with van der Waals surface area (Å²) in [5.74, 6) is 0.521. The first kappa shape index (κ1) is 14.1. The number of hydrogen-bond donors (Lipinski definition) is 3. The number of hydrogen-bond acceptors (Lipinski definition) is 4. The SMILES string of the molecule is CC(C)c1cc(=O)[nH]c(N/N=C\c2c[nH]c3ccccc23)n1. The van der Waals surface area contributed by atoms with E-state index in [-0.39, 0.29) is 11.5 Å². The zero-order chi connectivity index (χ0) is 15.5. The number of nitrogens with one attached hydrogen (secondary N) is 3. The Morgan fingerprint density at radius 2 is 2.14 bits per heavy atom. The number of aromatic nitrogens is 3. The van der Waals surface area contributed by atoms with E-state index in [1.54, 1.807) is 6.21 Å². The first-order valence-corrected chi connectivity index (χ1v) is 7.10. The van der Waals surface area contributed by atoms with Gasteiger partial charge in [-0.3, -0.25) is 9.78 Å². The maximum absolute atomic E-state index is 11.6. The van der Waals surface area contributed by atoms with Crippen molar-refractivity contribution in [2.24, 2.45) is 5.10 Å². The molecule has 0 fully saturated rings. The molecule has 2 aromatic heterocycles. The Balaban J connectivity index is 1.81. The molecule has 0 aliphatic heterocycles. The van der Waals surface area contributed by atoms with E-state index in [9.17, 15) is 4.79 Å². The third-order valence-electron chi connectivity index (χ3n) is 3.35. The second-order valence-electron chi connectivity index (χ2n) is 5.33. The van der Waals surface area contributed by atoms with E-state index in [4.69, 9.17) is 0 Å². The van der Waals surface area contributed by atoms with E-state index in [1.165, 1.54) is 6.07 Å². The number of para-hydroxylation sites is 1. The van der Waals surface area contributed by atoms with Crippen LogP contribution in [0.15, 0.2) is 46.4 Å². The minimum Gasteiger partial charge on any atom is -0.361 e. The van der Waals surface area contributed by atoms with Gasteiger partial charge in [-0.1, -0.05) is 32.0 Å². The Kier molecular flexibility index (Phi) is 3.74. The number of nitrogens with zero attached hydrogens (tertiary/aromatic N) is 2. The van der Waals surface area contributed by atoms with Gasteiger partial charge >= 0.3 is 0 Å². The van der Waals surface area contributed by atoms with Crippen LogP contribution in [0.5, 0.6) is 0 Å². The van der Waals surface area contributed by atoms with E-state index < -0.39 is 0 Å². The van der Waals surface area contributed by atoms with Crippen LogP contribution >= 0.6 is 0 Å². The Morgan fingerprint density at radius 3 is 2.95 bits per heavy atom. The third-order valence-corrected chi connectivity index (χ3v) is 3.35. The summed E-state index contributed by atoms with van der Waals surface area (Å²) >= 11 is 0. The van der Waals surface area contributed by atoms with Gasteiger partial charge in [-0.05, 0) is 12.0 Å². The molecular weight excluding hydrogens is 278 g/mol. The molecule has 0 aliphatic rings. The Hall–Kier alpha value is -2.89. The van der Waals surface area contributed by atoms with Crippen LogP contribution in [0.1, 0.15) is 31.0 Å². The average molecular weight is 295 g/mol. The molecule has 6 heteroatoms. The van der Waals surface area contributed by atoms with E-state index in [0.717, 1.165) is 22.2 Å². The van der Waals surface area contributed by atoms with Crippen LogP contribution in [0.3, 0.4) is 0 Å². The molecule has 0 radical (unpaired) electrons. The molecule has 2 heterocycles. The number of benzene rings is 1. The molecule has 3 N–H and O–H groups in total. The summed E-state index contributed by atoms with van der Waals surface area (Å²) in [4.78, 5) is 21.7. The van der Waals surface area contributed by atoms with Crippen LogP contribution in [0.2, 0.25) is 0 Å². The van der Waals surface area contributed by atoms with Crippen molar-refractivity contribution in [3.8, 4) is 0 Å². The van der Waals surface area contributed by atoms with Crippen molar-refractivity contribution in [2.75, 3.05) is 5.43 Å². The fourth-order valence-corrected chi connectivity index (χ4v) is 2.19. The minimum absolute atomic E-state index is 0.181. The monoisotopic (exact) mass is 295 g/mol. The fraction of sp³-hybridized carbons (Fsp3) is 0.188. The van der Waals surface area contributed by atoms with Gasteiger partial charge in [-0.15, -0.1) is 0 Å². The molecule has 1 aromatic carbocycles. The second kappa shape index (κ2) is 5.85. The average Bonchev–Trinajstić information content (AvgIpc) is 2.90. The molecule has 112 valence electrons. The molecule has 3 rings (SSSR count). The number of fused-ring (bicyclic) bond motifs is 1. The highest BCUT2D eigenvalue weighted by Gasteiger charge is 2.04. The van der Waals surface area contributed by atoms with Crippen molar-refractivity contribution in [2.45, 2.75) is 19.8 Å². The summed E-state index contributed by atoms with van der Waals surface area (Å²) < 4.78 is 0. The van der Waals surface area contributed by atoms with E-state index >= 15 is 0 Å². The summed E-state index contributed by atoms with van der Waals surface area (Å²) in [6.45, 7) is 3.97. The van der Waals surface area contributed by atoms with Gasteiger partial charge in [0.05, 0.1) is 11.9 Å². The molecule has 0 unspecified atom stereocenters. The highest BCUT2D eigenvalue weighted by atomic mass is 16.1. The molecule has 0 saturated carbocycles. The summed E-state index contributed by atoms with van der Waals surface area (Å²) in [5, 5.41) is 5.24. The predicted octanol–water partition coefficient (Wildman–Crippen LogP) is 2.82. The van der Waals surface area contributed by atoms with Crippen LogP contribution in [0.4, 0.5) is 5.95 Å². The standard InChI is InChI=1S/C16H17N5O/c1-10(2)14-7-15(22)20-16(19-14)21-18-9-11-8-17-13-6-4-3-5-12(11)13/h3-10,17H,1-2H3,(H2,19,20,21,22)/b18-9-. The van der Waals surface area contributed by atoms with Gasteiger partial charge in [0.15, 0.2) is 0 Å². The van der Waals surface area contributed by atoms with E-state index in [2.05, 4.69) is 25.5 Å². The van der Waals surface area contributed by atoms with Gasteiger partial charge < -0.3 is 4.98 Å². The summed E-state index contributed by atoms with van der Waals surface area (Å²) in [5.41, 5.74) is 5.33. The van der Waals surface area contributed by atoms with Crippen molar-refractivity contribution >= 4 is 23.1 Å². The minimum atomic E-state index is -0.191. The van der Waals surface area contributed by atoms with Crippen molar-refractivity contribution in [1.29, 1.82) is 0 Å². The van der Waals surface area contributed by atoms with E-state index in [0.29, 0.717) is 5.95 Å². The van der Waals surface area contributed by atoms with Crippen molar-refractivity contribution in [3.63, 3.8) is 0 Å². The van der Waals surface area contributed by atoms with Crippen molar-refractivity contribution < 1.29 is 0 Å². The topological polar surface area (TPSA) is 85.9 Å². The number of anilines is 1. The van der Waals surface area contributed by atoms with Gasteiger partial charge in [0, 0.05) is 28.7 Å². The smallest absolute Gasteiger partial charge is 0.252 e. The molecule has 6 nitrogen and oxygen atoms in total. The largest absolute Gasteiger partial charge is 0.361 e. The molecule has 0 saturated heterocycles. The normalized spacial score (nSPS) is 11.6. The van der Waals surface area contributed by atoms with Crippen molar-refractivity contribution in [1.82, 2.24) is 15.0 Å². The van der Waals surface area contributed by atoms with Crippen LogP contribution in [-0.4, -0.2) is 21.2 Å². The van der Waals surface area contributed by atoms with Crippen LogP contribution in [0, 0.1) is 0 Å². The van der Waals surface area contributed by atoms with Crippen molar-refractivity contribution in [3.05, 3.63) is 58.1 Å². The summed E-state index contributed by atoms with van der Waals surface area (Å²) in [7, 11) is 0. The second-order valence-corrected chi connectivity index (χ2v) is 5.33.